The van der Waals surface area contributed by atoms with E-state index in [-0.39, 0.29) is 18.7 Å². The molecule has 11 heteroatoms. The van der Waals surface area contributed by atoms with Gasteiger partial charge in [-0.3, -0.25) is 19.8 Å². The van der Waals surface area contributed by atoms with Gasteiger partial charge in [0.2, 0.25) is 0 Å². The number of hydrogen-bond acceptors (Lipinski definition) is 7. The van der Waals surface area contributed by atoms with Gasteiger partial charge in [-0.15, -0.1) is 0 Å². The second-order valence-electron chi connectivity index (χ2n) is 9.22. The zero-order chi connectivity index (χ0) is 30.2. The Bertz CT molecular complexity index is 1510. The van der Waals surface area contributed by atoms with E-state index in [2.05, 4.69) is 21.2 Å². The summed E-state index contributed by atoms with van der Waals surface area (Å²) >= 11 is 9.49. The first-order chi connectivity index (χ1) is 20.2. The number of benzene rings is 3. The lowest BCUT2D eigenvalue weighted by Gasteiger charge is -2.26. The van der Waals surface area contributed by atoms with Gasteiger partial charge < -0.3 is 18.9 Å². The van der Waals surface area contributed by atoms with Crippen molar-refractivity contribution in [1.29, 1.82) is 0 Å². The summed E-state index contributed by atoms with van der Waals surface area (Å²) < 4.78 is 23.5. The fourth-order valence-electron chi connectivity index (χ4n) is 4.14. The number of halogens is 2. The highest BCUT2D eigenvalue weighted by Crippen LogP contribution is 2.38. The maximum absolute atomic E-state index is 13.4. The molecule has 0 bridgehead atoms. The number of imide groups is 2. The van der Waals surface area contributed by atoms with Gasteiger partial charge in [-0.1, -0.05) is 36.7 Å². The summed E-state index contributed by atoms with van der Waals surface area (Å²) in [5.74, 6) is 0.395. The van der Waals surface area contributed by atoms with E-state index < -0.39 is 17.8 Å². The summed E-state index contributed by atoms with van der Waals surface area (Å²) in [5, 5.41) is 2.88. The van der Waals surface area contributed by atoms with Crippen LogP contribution in [0, 0.1) is 0 Å². The van der Waals surface area contributed by atoms with Gasteiger partial charge in [0.1, 0.15) is 12.2 Å². The Morgan fingerprint density at radius 1 is 0.905 bits per heavy atom. The number of carbonyl (C=O) groups excluding carboxylic acids is 3. The van der Waals surface area contributed by atoms with Crippen molar-refractivity contribution in [2.45, 2.75) is 33.4 Å². The van der Waals surface area contributed by atoms with Gasteiger partial charge in [0.05, 0.1) is 31.3 Å². The largest absolute Gasteiger partial charge is 0.493 e. The molecule has 1 aliphatic rings. The lowest BCUT2D eigenvalue weighted by Crippen LogP contribution is -2.53. The Hall–Kier alpha value is -4.02. The van der Waals surface area contributed by atoms with E-state index in [0.717, 1.165) is 16.9 Å². The van der Waals surface area contributed by atoms with Crippen LogP contribution in [0.4, 0.5) is 4.79 Å². The van der Waals surface area contributed by atoms with Gasteiger partial charge in [-0.2, -0.15) is 0 Å². The van der Waals surface area contributed by atoms with Gasteiger partial charge in [0.25, 0.3) is 11.8 Å². The van der Waals surface area contributed by atoms with Gasteiger partial charge in [0, 0.05) is 5.02 Å². The highest BCUT2D eigenvalue weighted by atomic mass is 79.9. The van der Waals surface area contributed by atoms with E-state index in [1.807, 2.05) is 26.0 Å². The van der Waals surface area contributed by atoms with E-state index in [9.17, 15) is 14.4 Å². The van der Waals surface area contributed by atoms with Crippen LogP contribution in [0.5, 0.6) is 23.0 Å². The summed E-state index contributed by atoms with van der Waals surface area (Å²) in [6.07, 6.45) is 2.24. The fraction of sp³-hybridized carbons (Fsp3) is 0.258. The Balaban J connectivity index is 1.58. The topological polar surface area (TPSA) is 103 Å². The second kappa shape index (κ2) is 14.2. The molecule has 1 N–H and O–H groups in total. The van der Waals surface area contributed by atoms with Crippen molar-refractivity contribution in [2.24, 2.45) is 0 Å². The Kier molecular flexibility index (Phi) is 10.5. The number of carbonyl (C=O) groups is 3. The number of methoxy groups -OCH3 is 1. The number of hydrogen-bond donors (Lipinski definition) is 1. The predicted molar refractivity (Wildman–Crippen MR) is 162 cm³/mol. The standard InChI is InChI=1S/C31H30BrClN2O7/c1-4-12-41-25-11-8-20(15-26(25)39-3)17-35-30(37)23(29(36)34-31(35)38)13-21-14-24(32)28(27(16-21)40-5-2)42-18-19-6-9-22(33)10-7-19/h6-11,13-16H,4-5,12,17-18H2,1-3H3,(H,34,36,38)/b23-13+. The molecule has 0 unspecified atom stereocenters. The van der Waals surface area contributed by atoms with Gasteiger partial charge in [-0.25, -0.2) is 4.79 Å². The number of barbiturate groups is 1. The van der Waals surface area contributed by atoms with E-state index >= 15 is 0 Å². The summed E-state index contributed by atoms with van der Waals surface area (Å²) in [4.78, 5) is 39.8. The molecule has 4 amide bonds. The number of ether oxygens (including phenoxy) is 4. The van der Waals surface area contributed by atoms with Gasteiger partial charge >= 0.3 is 6.03 Å². The molecule has 9 nitrogen and oxygen atoms in total. The van der Waals surface area contributed by atoms with Crippen LogP contribution in [-0.4, -0.2) is 43.1 Å². The molecule has 0 aromatic heterocycles. The molecule has 1 heterocycles. The molecule has 3 aromatic rings. The van der Waals surface area contributed by atoms with Gasteiger partial charge in [0.15, 0.2) is 23.0 Å². The van der Waals surface area contributed by atoms with E-state index in [1.54, 1.807) is 42.5 Å². The molecule has 1 saturated heterocycles. The lowest BCUT2D eigenvalue weighted by molar-refractivity contribution is -0.130. The molecule has 0 aliphatic carbocycles. The molecule has 0 radical (unpaired) electrons. The van der Waals surface area contributed by atoms with Crippen molar-refractivity contribution in [2.75, 3.05) is 20.3 Å². The second-order valence-corrected chi connectivity index (χ2v) is 10.5. The van der Waals surface area contributed by atoms with Crippen molar-refractivity contribution in [3.8, 4) is 23.0 Å². The van der Waals surface area contributed by atoms with Crippen LogP contribution in [0.1, 0.15) is 37.0 Å². The van der Waals surface area contributed by atoms with Crippen LogP contribution < -0.4 is 24.3 Å². The quantitative estimate of drug-likeness (QED) is 0.174. The number of nitrogens with zero attached hydrogens (tertiary/aromatic N) is 1. The number of rotatable bonds is 12. The summed E-state index contributed by atoms with van der Waals surface area (Å²) in [7, 11) is 1.51. The molecule has 1 aliphatic heterocycles. The molecule has 3 aromatic carbocycles. The van der Waals surface area contributed by atoms with E-state index in [0.29, 0.717) is 56.8 Å². The first-order valence-corrected chi connectivity index (χ1v) is 14.4. The molecular weight excluding hydrogens is 628 g/mol. The summed E-state index contributed by atoms with van der Waals surface area (Å²) in [5.41, 5.74) is 1.83. The number of amides is 4. The zero-order valence-corrected chi connectivity index (χ0v) is 25.7. The van der Waals surface area contributed by atoms with E-state index in [4.69, 9.17) is 30.5 Å². The Morgan fingerprint density at radius 3 is 2.33 bits per heavy atom. The van der Waals surface area contributed by atoms with E-state index in [1.165, 1.54) is 13.2 Å². The molecular formula is C31H30BrClN2O7. The summed E-state index contributed by atoms with van der Waals surface area (Å²) in [6, 6.07) is 15.0. The third-order valence-electron chi connectivity index (χ3n) is 6.16. The first kappa shape index (κ1) is 30.9. The minimum absolute atomic E-state index is 0.0783. The molecule has 0 spiro atoms. The third kappa shape index (κ3) is 7.43. The van der Waals surface area contributed by atoms with Crippen LogP contribution in [-0.2, 0) is 22.7 Å². The third-order valence-corrected chi connectivity index (χ3v) is 7.00. The van der Waals surface area contributed by atoms with Crippen LogP contribution >= 0.6 is 27.5 Å². The van der Waals surface area contributed by atoms with Crippen molar-refractivity contribution in [3.63, 3.8) is 0 Å². The molecule has 0 atom stereocenters. The lowest BCUT2D eigenvalue weighted by atomic mass is 10.1. The number of urea groups is 1. The van der Waals surface area contributed by atoms with Crippen LogP contribution in [0.2, 0.25) is 5.02 Å². The minimum Gasteiger partial charge on any atom is -0.493 e. The summed E-state index contributed by atoms with van der Waals surface area (Å²) in [6.45, 7) is 4.90. The van der Waals surface area contributed by atoms with Crippen LogP contribution in [0.3, 0.4) is 0 Å². The molecule has 4 rings (SSSR count). The minimum atomic E-state index is -0.811. The molecule has 220 valence electrons. The van der Waals surface area contributed by atoms with Gasteiger partial charge in [-0.05, 0) is 88.4 Å². The van der Waals surface area contributed by atoms with Crippen molar-refractivity contribution < 1.29 is 33.3 Å². The number of nitrogens with one attached hydrogen (secondary N) is 1. The first-order valence-electron chi connectivity index (χ1n) is 13.3. The maximum atomic E-state index is 13.4. The smallest absolute Gasteiger partial charge is 0.331 e. The molecule has 1 fully saturated rings. The molecule has 42 heavy (non-hydrogen) atoms. The highest BCUT2D eigenvalue weighted by Gasteiger charge is 2.36. The van der Waals surface area contributed by atoms with Crippen molar-refractivity contribution >= 4 is 51.5 Å². The average Bonchev–Trinajstić information content (AvgIpc) is 2.97. The normalized spacial score (nSPS) is 14.2. The van der Waals surface area contributed by atoms with Crippen molar-refractivity contribution in [3.05, 3.63) is 86.4 Å². The Labute approximate surface area is 257 Å². The van der Waals surface area contributed by atoms with Crippen LogP contribution in [0.15, 0.2) is 64.6 Å². The van der Waals surface area contributed by atoms with Crippen LogP contribution in [0.25, 0.3) is 6.08 Å². The molecule has 0 saturated carbocycles. The fourth-order valence-corrected chi connectivity index (χ4v) is 4.84. The maximum Gasteiger partial charge on any atom is 0.331 e. The average molecular weight is 658 g/mol. The Morgan fingerprint density at radius 2 is 1.64 bits per heavy atom. The highest BCUT2D eigenvalue weighted by molar-refractivity contribution is 9.10. The predicted octanol–water partition coefficient (Wildman–Crippen LogP) is 6.54. The van der Waals surface area contributed by atoms with Crippen molar-refractivity contribution in [1.82, 2.24) is 10.2 Å². The zero-order valence-electron chi connectivity index (χ0n) is 23.4. The monoisotopic (exact) mass is 656 g/mol. The SMILES string of the molecule is CCCOc1ccc(CN2C(=O)NC(=O)/C(=C\c3cc(Br)c(OCc4ccc(Cl)cc4)c(OCC)c3)C2=O)cc1OC.